The van der Waals surface area contributed by atoms with Gasteiger partial charge in [0, 0.05) is 10.9 Å². The van der Waals surface area contributed by atoms with Crippen LogP contribution in [0.4, 0.5) is 0 Å². The van der Waals surface area contributed by atoms with Gasteiger partial charge in [-0.15, -0.1) is 0 Å². The monoisotopic (exact) mass is 584 g/mol. The SMILES string of the molecule is c1ccc(C2(c3ccc(-c4ccc5c(c4)Oc4cccc6cccc-5c46)cc3)c3ccccc3-c3ccc4ccccc4c32)cc1. The number of rotatable bonds is 3. The Balaban J connectivity index is 1.16. The molecule has 1 aliphatic carbocycles. The van der Waals surface area contributed by atoms with Gasteiger partial charge in [-0.3, -0.25) is 0 Å². The van der Waals surface area contributed by atoms with Crippen molar-refractivity contribution in [1.82, 2.24) is 0 Å². The maximum Gasteiger partial charge on any atom is 0.135 e. The van der Waals surface area contributed by atoms with Gasteiger partial charge >= 0.3 is 0 Å². The molecular formula is C45H28O. The van der Waals surface area contributed by atoms with E-state index in [-0.39, 0.29) is 0 Å². The first-order valence-electron chi connectivity index (χ1n) is 15.9. The van der Waals surface area contributed by atoms with Gasteiger partial charge in [0.15, 0.2) is 0 Å². The van der Waals surface area contributed by atoms with Crippen molar-refractivity contribution in [2.45, 2.75) is 5.41 Å². The Morgan fingerprint density at radius 1 is 0.391 bits per heavy atom. The summed E-state index contributed by atoms with van der Waals surface area (Å²) in [5.41, 5.74) is 12.1. The van der Waals surface area contributed by atoms with E-state index in [2.05, 4.69) is 170 Å². The van der Waals surface area contributed by atoms with E-state index in [1.54, 1.807) is 0 Å². The lowest BCUT2D eigenvalue weighted by Gasteiger charge is -2.34. The van der Waals surface area contributed by atoms with Crippen LogP contribution in [-0.2, 0) is 5.41 Å². The maximum absolute atomic E-state index is 6.51. The maximum atomic E-state index is 6.51. The molecule has 0 aromatic heterocycles. The van der Waals surface area contributed by atoms with Gasteiger partial charge in [-0.2, -0.15) is 0 Å². The topological polar surface area (TPSA) is 9.23 Å². The molecule has 0 spiro atoms. The van der Waals surface area contributed by atoms with Gasteiger partial charge in [0.2, 0.25) is 0 Å². The van der Waals surface area contributed by atoms with Gasteiger partial charge in [-0.05, 0) is 84.4 Å². The summed E-state index contributed by atoms with van der Waals surface area (Å²) < 4.78 is 6.51. The summed E-state index contributed by atoms with van der Waals surface area (Å²) in [4.78, 5) is 0. The molecule has 1 nitrogen and oxygen atoms in total. The normalized spacial score (nSPS) is 15.7. The number of ether oxygens (including phenoxy) is 1. The molecule has 0 radical (unpaired) electrons. The Hall–Kier alpha value is -5.92. The van der Waals surface area contributed by atoms with E-state index < -0.39 is 5.41 Å². The Kier molecular flexibility index (Phi) is 5.27. The van der Waals surface area contributed by atoms with Crippen LogP contribution in [0.2, 0.25) is 0 Å². The molecule has 0 bridgehead atoms. The van der Waals surface area contributed by atoms with Crippen LogP contribution >= 0.6 is 0 Å². The van der Waals surface area contributed by atoms with Crippen molar-refractivity contribution in [3.8, 4) is 44.9 Å². The highest BCUT2D eigenvalue weighted by molar-refractivity contribution is 6.04. The molecule has 1 atom stereocenters. The minimum atomic E-state index is -0.450. The summed E-state index contributed by atoms with van der Waals surface area (Å²) in [5, 5.41) is 4.95. The predicted octanol–water partition coefficient (Wildman–Crippen LogP) is 11.8. The van der Waals surface area contributed by atoms with Gasteiger partial charge in [0.05, 0.1) is 5.41 Å². The number of fused-ring (bicyclic) bond motifs is 7. The second kappa shape index (κ2) is 9.54. The first kappa shape index (κ1) is 25.4. The number of hydrogen-bond acceptors (Lipinski definition) is 1. The highest BCUT2D eigenvalue weighted by Gasteiger charge is 2.47. The van der Waals surface area contributed by atoms with Crippen LogP contribution in [0.1, 0.15) is 22.3 Å². The van der Waals surface area contributed by atoms with Crippen LogP contribution in [0.25, 0.3) is 54.9 Å². The molecule has 2 aliphatic rings. The van der Waals surface area contributed by atoms with Crippen LogP contribution in [0.3, 0.4) is 0 Å². The summed E-state index contributed by atoms with van der Waals surface area (Å²) in [7, 11) is 0. The van der Waals surface area contributed by atoms with Crippen LogP contribution in [-0.4, -0.2) is 0 Å². The molecule has 10 rings (SSSR count). The second-order valence-electron chi connectivity index (χ2n) is 12.4. The average molecular weight is 585 g/mol. The zero-order valence-corrected chi connectivity index (χ0v) is 25.1. The highest BCUT2D eigenvalue weighted by atomic mass is 16.5. The zero-order chi connectivity index (χ0) is 30.2. The molecule has 214 valence electrons. The molecule has 8 aromatic carbocycles. The number of hydrogen-bond donors (Lipinski definition) is 0. The van der Waals surface area contributed by atoms with Gasteiger partial charge in [0.1, 0.15) is 11.5 Å². The highest BCUT2D eigenvalue weighted by Crippen LogP contribution is 2.58. The first-order valence-corrected chi connectivity index (χ1v) is 15.9. The smallest absolute Gasteiger partial charge is 0.135 e. The molecule has 0 saturated carbocycles. The molecule has 8 aromatic rings. The third kappa shape index (κ3) is 3.40. The molecule has 0 fully saturated rings. The van der Waals surface area contributed by atoms with E-state index in [0.717, 1.165) is 22.6 Å². The molecule has 1 heterocycles. The van der Waals surface area contributed by atoms with Gasteiger partial charge in [-0.1, -0.05) is 152 Å². The third-order valence-corrected chi connectivity index (χ3v) is 10.1. The standard InChI is InChI=1S/C45H28O/c1-2-13-33(14-3-1)45(40-18-7-6-16-36(40)39-27-22-30-10-4-5-15-35(30)44(39)45)34-24-20-29(21-25-34)32-23-26-37-38-17-8-11-31-12-9-19-41(43(31)38)46-42(37)28-32/h1-28H. The van der Waals surface area contributed by atoms with Crippen molar-refractivity contribution in [2.75, 3.05) is 0 Å². The summed E-state index contributed by atoms with van der Waals surface area (Å²) in [6.07, 6.45) is 0. The lowest BCUT2D eigenvalue weighted by Crippen LogP contribution is -2.28. The molecule has 0 N–H and O–H groups in total. The Morgan fingerprint density at radius 3 is 1.96 bits per heavy atom. The molecule has 1 heteroatoms. The Labute approximate surface area is 268 Å². The molecule has 1 aliphatic heterocycles. The summed E-state index contributed by atoms with van der Waals surface area (Å²) in [6.45, 7) is 0. The lowest BCUT2D eigenvalue weighted by molar-refractivity contribution is 0.487. The van der Waals surface area contributed by atoms with Crippen molar-refractivity contribution in [2.24, 2.45) is 0 Å². The quantitative estimate of drug-likeness (QED) is 0.201. The molecule has 46 heavy (non-hydrogen) atoms. The zero-order valence-electron chi connectivity index (χ0n) is 25.1. The molecule has 1 unspecified atom stereocenters. The number of benzene rings is 8. The molecular weight excluding hydrogens is 556 g/mol. The summed E-state index contributed by atoms with van der Waals surface area (Å²) in [6, 6.07) is 62.1. The fourth-order valence-electron chi connectivity index (χ4n) is 8.19. The first-order chi connectivity index (χ1) is 22.8. The lowest BCUT2D eigenvalue weighted by atomic mass is 9.66. The summed E-state index contributed by atoms with van der Waals surface area (Å²) in [5.74, 6) is 1.82. The fraction of sp³-hybridized carbons (Fsp3) is 0.0222. The third-order valence-electron chi connectivity index (χ3n) is 10.1. The van der Waals surface area contributed by atoms with Crippen LogP contribution in [0.5, 0.6) is 11.5 Å². The fourth-order valence-corrected chi connectivity index (χ4v) is 8.19. The van der Waals surface area contributed by atoms with E-state index in [0.29, 0.717) is 0 Å². The van der Waals surface area contributed by atoms with E-state index >= 15 is 0 Å². The van der Waals surface area contributed by atoms with E-state index in [1.165, 1.54) is 66.1 Å². The van der Waals surface area contributed by atoms with Crippen molar-refractivity contribution in [3.63, 3.8) is 0 Å². The summed E-state index contributed by atoms with van der Waals surface area (Å²) >= 11 is 0. The minimum absolute atomic E-state index is 0.450. The van der Waals surface area contributed by atoms with Gasteiger partial charge < -0.3 is 4.74 Å². The van der Waals surface area contributed by atoms with Crippen LogP contribution in [0, 0.1) is 0 Å². The van der Waals surface area contributed by atoms with Crippen molar-refractivity contribution in [1.29, 1.82) is 0 Å². The minimum Gasteiger partial charge on any atom is -0.456 e. The van der Waals surface area contributed by atoms with Crippen molar-refractivity contribution >= 4 is 21.5 Å². The Bertz CT molecular complexity index is 2480. The van der Waals surface area contributed by atoms with E-state index in [1.807, 2.05) is 0 Å². The van der Waals surface area contributed by atoms with E-state index in [4.69, 9.17) is 4.74 Å². The van der Waals surface area contributed by atoms with E-state index in [9.17, 15) is 0 Å². The van der Waals surface area contributed by atoms with Crippen molar-refractivity contribution < 1.29 is 4.74 Å². The average Bonchev–Trinajstić information content (AvgIpc) is 3.44. The molecule has 0 amide bonds. The second-order valence-corrected chi connectivity index (χ2v) is 12.4. The van der Waals surface area contributed by atoms with Crippen LogP contribution < -0.4 is 4.74 Å². The predicted molar refractivity (Wildman–Crippen MR) is 190 cm³/mol. The largest absolute Gasteiger partial charge is 0.456 e. The van der Waals surface area contributed by atoms with Crippen molar-refractivity contribution in [3.05, 3.63) is 192 Å². The van der Waals surface area contributed by atoms with Crippen LogP contribution in [0.15, 0.2) is 170 Å². The van der Waals surface area contributed by atoms with Gasteiger partial charge in [-0.25, -0.2) is 0 Å². The Morgan fingerprint density at radius 2 is 1.07 bits per heavy atom. The molecule has 0 saturated heterocycles. The van der Waals surface area contributed by atoms with Gasteiger partial charge in [0.25, 0.3) is 0 Å².